The van der Waals surface area contributed by atoms with Crippen LogP contribution in [-0.4, -0.2) is 13.4 Å². The summed E-state index contributed by atoms with van der Waals surface area (Å²) < 4.78 is 26.5. The van der Waals surface area contributed by atoms with Crippen LogP contribution in [0.1, 0.15) is 56.8 Å². The number of benzene rings is 1. The van der Waals surface area contributed by atoms with E-state index in [1.54, 1.807) is 36.7 Å². The van der Waals surface area contributed by atoms with E-state index in [1.807, 2.05) is 25.1 Å². The molecular weight excluding hydrogens is 318 g/mol. The van der Waals surface area contributed by atoms with Gasteiger partial charge in [-0.25, -0.2) is 8.42 Å². The topological polar surface area (TPSA) is 47.0 Å². The first-order valence-corrected chi connectivity index (χ1v) is 10.3. The van der Waals surface area contributed by atoms with Crippen molar-refractivity contribution in [3.05, 3.63) is 60.4 Å². The Morgan fingerprint density at radius 2 is 1.75 bits per heavy atom. The zero-order chi connectivity index (χ0) is 17.4. The Bertz CT molecular complexity index is 699. The average Bonchev–Trinajstić information content (AvgIpc) is 2.60. The van der Waals surface area contributed by atoms with E-state index >= 15 is 0 Å². The van der Waals surface area contributed by atoms with E-state index in [0.717, 1.165) is 24.8 Å². The summed E-state index contributed by atoms with van der Waals surface area (Å²) in [6, 6.07) is 12.4. The highest BCUT2D eigenvalue weighted by molar-refractivity contribution is 7.91. The van der Waals surface area contributed by atoms with E-state index in [1.165, 1.54) is 12.8 Å². The Balaban J connectivity index is 2.30. The van der Waals surface area contributed by atoms with Crippen molar-refractivity contribution in [2.24, 2.45) is 5.92 Å². The minimum atomic E-state index is -3.44. The third kappa shape index (κ3) is 4.67. The molecule has 0 saturated carbocycles. The fraction of sp³-hybridized carbons (Fsp3) is 0.450. The van der Waals surface area contributed by atoms with Crippen molar-refractivity contribution in [1.29, 1.82) is 0 Å². The number of hydrogen-bond acceptors (Lipinski definition) is 3. The normalized spacial score (nSPS) is 14.2. The molecule has 3 nitrogen and oxygen atoms in total. The maximum atomic E-state index is 13.2. The predicted molar refractivity (Wildman–Crippen MR) is 98.5 cm³/mol. The van der Waals surface area contributed by atoms with Gasteiger partial charge in [0, 0.05) is 12.4 Å². The number of aromatic nitrogens is 1. The quantitative estimate of drug-likeness (QED) is 0.587. The minimum Gasteiger partial charge on any atom is -0.264 e. The highest BCUT2D eigenvalue weighted by atomic mass is 32.2. The fourth-order valence-electron chi connectivity index (χ4n) is 3.16. The number of unbranched alkanes of at least 4 members (excludes halogenated alkanes) is 3. The molecule has 2 unspecified atom stereocenters. The molecule has 0 amide bonds. The Hall–Kier alpha value is -1.68. The summed E-state index contributed by atoms with van der Waals surface area (Å²) in [5, 5.41) is -0.546. The standard InChI is InChI=1S/C20H27NO2S/c1-3-4-5-7-11-17(2)20(18-12-10-15-21-16-18)24(22,23)19-13-8-6-9-14-19/h6,8-10,12-17,20H,3-5,7,11H2,1-2H3. The summed E-state index contributed by atoms with van der Waals surface area (Å²) >= 11 is 0. The predicted octanol–water partition coefficient (Wildman–Crippen LogP) is 5.20. The van der Waals surface area contributed by atoms with Gasteiger partial charge in [-0.3, -0.25) is 4.98 Å². The fourth-order valence-corrected chi connectivity index (χ4v) is 5.23. The molecule has 0 aliphatic heterocycles. The first-order valence-electron chi connectivity index (χ1n) is 8.76. The molecule has 2 rings (SSSR count). The third-order valence-corrected chi connectivity index (χ3v) is 6.78. The second-order valence-electron chi connectivity index (χ2n) is 6.39. The molecule has 0 N–H and O–H groups in total. The molecule has 0 fully saturated rings. The Labute approximate surface area is 146 Å². The van der Waals surface area contributed by atoms with E-state index in [4.69, 9.17) is 0 Å². The molecule has 1 aromatic heterocycles. The molecule has 24 heavy (non-hydrogen) atoms. The summed E-state index contributed by atoms with van der Waals surface area (Å²) in [7, 11) is -3.44. The number of hydrogen-bond donors (Lipinski definition) is 0. The van der Waals surface area contributed by atoms with Gasteiger partial charge in [-0.05, 0) is 36.1 Å². The number of sulfone groups is 1. The van der Waals surface area contributed by atoms with Crippen LogP contribution < -0.4 is 0 Å². The monoisotopic (exact) mass is 345 g/mol. The van der Waals surface area contributed by atoms with Crippen LogP contribution in [0.4, 0.5) is 0 Å². The van der Waals surface area contributed by atoms with Gasteiger partial charge in [-0.1, -0.05) is 63.8 Å². The van der Waals surface area contributed by atoms with Gasteiger partial charge in [-0.15, -0.1) is 0 Å². The molecule has 2 aromatic rings. The van der Waals surface area contributed by atoms with Crippen LogP contribution >= 0.6 is 0 Å². The van der Waals surface area contributed by atoms with E-state index in [2.05, 4.69) is 11.9 Å². The molecule has 0 spiro atoms. The van der Waals surface area contributed by atoms with Crippen LogP contribution in [0.15, 0.2) is 59.8 Å². The van der Waals surface area contributed by atoms with Crippen LogP contribution in [0.3, 0.4) is 0 Å². The Morgan fingerprint density at radius 1 is 1.00 bits per heavy atom. The van der Waals surface area contributed by atoms with E-state index in [-0.39, 0.29) is 5.92 Å². The molecule has 0 saturated heterocycles. The lowest BCUT2D eigenvalue weighted by Crippen LogP contribution is -2.21. The number of nitrogens with zero attached hydrogens (tertiary/aromatic N) is 1. The first kappa shape index (κ1) is 18.7. The van der Waals surface area contributed by atoms with Crippen molar-refractivity contribution in [1.82, 2.24) is 4.98 Å². The van der Waals surface area contributed by atoms with Gasteiger partial charge >= 0.3 is 0 Å². The van der Waals surface area contributed by atoms with Crippen LogP contribution in [-0.2, 0) is 9.84 Å². The maximum Gasteiger partial charge on any atom is 0.185 e. The van der Waals surface area contributed by atoms with Gasteiger partial charge in [0.1, 0.15) is 0 Å². The molecule has 1 heterocycles. The van der Waals surface area contributed by atoms with Gasteiger partial charge in [0.25, 0.3) is 0 Å². The van der Waals surface area contributed by atoms with Crippen molar-refractivity contribution in [3.63, 3.8) is 0 Å². The van der Waals surface area contributed by atoms with Gasteiger partial charge < -0.3 is 0 Å². The SMILES string of the molecule is CCCCCCC(C)C(c1cccnc1)S(=O)(=O)c1ccccc1. The summed E-state index contributed by atoms with van der Waals surface area (Å²) in [6.45, 7) is 4.23. The summed E-state index contributed by atoms with van der Waals surface area (Å²) in [4.78, 5) is 4.53. The molecule has 0 aliphatic carbocycles. The first-order chi connectivity index (χ1) is 11.6. The van der Waals surface area contributed by atoms with E-state index < -0.39 is 15.1 Å². The molecule has 4 heteroatoms. The molecule has 0 radical (unpaired) electrons. The lowest BCUT2D eigenvalue weighted by atomic mass is 9.95. The number of pyridine rings is 1. The zero-order valence-electron chi connectivity index (χ0n) is 14.6. The van der Waals surface area contributed by atoms with Crippen LogP contribution in [0.5, 0.6) is 0 Å². The highest BCUT2D eigenvalue weighted by Gasteiger charge is 2.33. The second kappa shape index (κ2) is 8.97. The Kier molecular flexibility index (Phi) is 6.98. The molecule has 2 atom stereocenters. The average molecular weight is 346 g/mol. The molecule has 0 bridgehead atoms. The van der Waals surface area contributed by atoms with Crippen molar-refractivity contribution in [2.45, 2.75) is 56.1 Å². The molecular formula is C20H27NO2S. The van der Waals surface area contributed by atoms with Gasteiger partial charge in [0.15, 0.2) is 9.84 Å². The largest absolute Gasteiger partial charge is 0.264 e. The van der Waals surface area contributed by atoms with Crippen LogP contribution in [0.25, 0.3) is 0 Å². The van der Waals surface area contributed by atoms with Crippen LogP contribution in [0.2, 0.25) is 0 Å². The summed E-state index contributed by atoms with van der Waals surface area (Å²) in [5.41, 5.74) is 0.782. The summed E-state index contributed by atoms with van der Waals surface area (Å²) in [6.07, 6.45) is 8.89. The third-order valence-electron chi connectivity index (χ3n) is 4.45. The molecule has 130 valence electrons. The second-order valence-corrected chi connectivity index (χ2v) is 8.46. The molecule has 0 aliphatic rings. The van der Waals surface area contributed by atoms with Crippen molar-refractivity contribution in [2.75, 3.05) is 0 Å². The smallest absolute Gasteiger partial charge is 0.185 e. The lowest BCUT2D eigenvalue weighted by molar-refractivity contribution is 0.457. The van der Waals surface area contributed by atoms with Crippen molar-refractivity contribution < 1.29 is 8.42 Å². The van der Waals surface area contributed by atoms with Gasteiger partial charge in [0.05, 0.1) is 10.1 Å². The summed E-state index contributed by atoms with van der Waals surface area (Å²) in [5.74, 6) is 0.0521. The minimum absolute atomic E-state index is 0.0521. The van der Waals surface area contributed by atoms with Gasteiger partial charge in [-0.2, -0.15) is 0 Å². The number of rotatable bonds is 9. The van der Waals surface area contributed by atoms with Crippen LogP contribution in [0, 0.1) is 5.92 Å². The highest BCUT2D eigenvalue weighted by Crippen LogP contribution is 2.37. The van der Waals surface area contributed by atoms with E-state index in [0.29, 0.717) is 4.90 Å². The van der Waals surface area contributed by atoms with Crippen molar-refractivity contribution in [3.8, 4) is 0 Å². The Morgan fingerprint density at radius 3 is 2.38 bits per heavy atom. The van der Waals surface area contributed by atoms with Crippen molar-refractivity contribution >= 4 is 9.84 Å². The lowest BCUT2D eigenvalue weighted by Gasteiger charge is -2.24. The maximum absolute atomic E-state index is 13.2. The zero-order valence-corrected chi connectivity index (χ0v) is 15.4. The molecule has 1 aromatic carbocycles. The van der Waals surface area contributed by atoms with E-state index in [9.17, 15) is 8.42 Å². The van der Waals surface area contributed by atoms with Gasteiger partial charge in [0.2, 0.25) is 0 Å².